The number of ether oxygens (including phenoxy) is 1. The van der Waals surface area contributed by atoms with Crippen LogP contribution in [0.25, 0.3) is 0 Å². The molecule has 2 N–H and O–H groups in total. The fourth-order valence-electron chi connectivity index (χ4n) is 1.60. The lowest BCUT2D eigenvalue weighted by atomic mass is 9.97. The van der Waals surface area contributed by atoms with Crippen LogP contribution in [-0.4, -0.2) is 18.8 Å². The minimum absolute atomic E-state index is 0.382. The molecule has 0 amide bonds. The Balaban J connectivity index is 2.23. The molecule has 2 heteroatoms. The fraction of sp³-hybridized carbons (Fsp3) is 1.00. The van der Waals surface area contributed by atoms with Crippen LogP contribution in [0.15, 0.2) is 0 Å². The van der Waals surface area contributed by atoms with Gasteiger partial charge in [0.25, 0.3) is 0 Å². The SMILES string of the molecule is CC(C)C[C@H]1C[C@H](N)CCO1. The number of rotatable bonds is 2. The van der Waals surface area contributed by atoms with Crippen LogP contribution >= 0.6 is 0 Å². The van der Waals surface area contributed by atoms with Gasteiger partial charge in [0, 0.05) is 12.6 Å². The Morgan fingerprint density at radius 2 is 2.27 bits per heavy atom. The zero-order valence-corrected chi connectivity index (χ0v) is 7.55. The normalized spacial score (nSPS) is 32.7. The second-order valence-corrected chi connectivity index (χ2v) is 3.91. The zero-order chi connectivity index (χ0) is 8.27. The van der Waals surface area contributed by atoms with Gasteiger partial charge in [0.05, 0.1) is 6.10 Å². The van der Waals surface area contributed by atoms with Gasteiger partial charge in [0.15, 0.2) is 0 Å². The van der Waals surface area contributed by atoms with Crippen molar-refractivity contribution >= 4 is 0 Å². The van der Waals surface area contributed by atoms with Crippen molar-refractivity contribution in [1.29, 1.82) is 0 Å². The number of nitrogens with two attached hydrogens (primary N) is 1. The van der Waals surface area contributed by atoms with E-state index in [-0.39, 0.29) is 0 Å². The summed E-state index contributed by atoms with van der Waals surface area (Å²) >= 11 is 0. The average Bonchev–Trinajstić information content (AvgIpc) is 1.85. The smallest absolute Gasteiger partial charge is 0.0592 e. The van der Waals surface area contributed by atoms with E-state index in [1.54, 1.807) is 0 Å². The first kappa shape index (κ1) is 9.01. The molecule has 2 nitrogen and oxygen atoms in total. The highest BCUT2D eigenvalue weighted by molar-refractivity contribution is 4.74. The van der Waals surface area contributed by atoms with E-state index < -0.39 is 0 Å². The second kappa shape index (κ2) is 4.07. The van der Waals surface area contributed by atoms with Crippen LogP contribution in [0.3, 0.4) is 0 Å². The van der Waals surface area contributed by atoms with Crippen molar-refractivity contribution in [2.24, 2.45) is 11.7 Å². The summed E-state index contributed by atoms with van der Waals surface area (Å²) in [4.78, 5) is 0. The highest BCUT2D eigenvalue weighted by atomic mass is 16.5. The minimum Gasteiger partial charge on any atom is -0.378 e. The Kier molecular flexibility index (Phi) is 3.34. The van der Waals surface area contributed by atoms with E-state index in [0.717, 1.165) is 31.8 Å². The maximum Gasteiger partial charge on any atom is 0.0592 e. The molecule has 1 saturated heterocycles. The standard InChI is InChI=1S/C9H19NO/c1-7(2)5-9-6-8(10)3-4-11-9/h7-9H,3-6,10H2,1-2H3/t8-,9+/m1/s1. The third kappa shape index (κ3) is 3.21. The van der Waals surface area contributed by atoms with Crippen LogP contribution in [0.4, 0.5) is 0 Å². The maximum atomic E-state index is 5.82. The van der Waals surface area contributed by atoms with Crippen LogP contribution in [-0.2, 0) is 4.74 Å². The summed E-state index contributed by atoms with van der Waals surface area (Å²) in [6.45, 7) is 5.31. The van der Waals surface area contributed by atoms with Gasteiger partial charge >= 0.3 is 0 Å². The zero-order valence-electron chi connectivity index (χ0n) is 7.55. The average molecular weight is 157 g/mol. The predicted octanol–water partition coefficient (Wildman–Crippen LogP) is 1.54. The number of hydrogen-bond acceptors (Lipinski definition) is 2. The van der Waals surface area contributed by atoms with Crippen LogP contribution in [0.1, 0.15) is 33.1 Å². The van der Waals surface area contributed by atoms with Gasteiger partial charge in [-0.15, -0.1) is 0 Å². The van der Waals surface area contributed by atoms with Gasteiger partial charge in [-0.05, 0) is 25.2 Å². The van der Waals surface area contributed by atoms with Crippen molar-refractivity contribution in [2.45, 2.75) is 45.3 Å². The first-order valence-electron chi connectivity index (χ1n) is 4.55. The monoisotopic (exact) mass is 157 g/mol. The molecule has 1 fully saturated rings. The molecule has 2 atom stereocenters. The summed E-state index contributed by atoms with van der Waals surface area (Å²) in [5, 5.41) is 0. The van der Waals surface area contributed by atoms with E-state index >= 15 is 0 Å². The Hall–Kier alpha value is -0.0800. The quantitative estimate of drug-likeness (QED) is 0.660. The molecule has 0 bridgehead atoms. The fourth-order valence-corrected chi connectivity index (χ4v) is 1.60. The summed E-state index contributed by atoms with van der Waals surface area (Å²) < 4.78 is 5.58. The molecule has 0 radical (unpaired) electrons. The van der Waals surface area contributed by atoms with Gasteiger partial charge in [-0.2, -0.15) is 0 Å². The van der Waals surface area contributed by atoms with Crippen molar-refractivity contribution < 1.29 is 4.74 Å². The van der Waals surface area contributed by atoms with Crippen LogP contribution in [0, 0.1) is 5.92 Å². The molecule has 1 heterocycles. The Labute approximate surface area is 69.1 Å². The van der Waals surface area contributed by atoms with Crippen molar-refractivity contribution in [3.05, 3.63) is 0 Å². The van der Waals surface area contributed by atoms with Crippen LogP contribution in [0.5, 0.6) is 0 Å². The van der Waals surface area contributed by atoms with E-state index in [4.69, 9.17) is 10.5 Å². The van der Waals surface area contributed by atoms with Gasteiger partial charge in [-0.1, -0.05) is 13.8 Å². The first-order chi connectivity index (χ1) is 5.18. The molecule has 1 aliphatic heterocycles. The van der Waals surface area contributed by atoms with Crippen molar-refractivity contribution in [3.63, 3.8) is 0 Å². The lowest BCUT2D eigenvalue weighted by Crippen LogP contribution is -2.35. The molecule has 0 saturated carbocycles. The van der Waals surface area contributed by atoms with E-state index in [1.807, 2.05) is 0 Å². The Morgan fingerprint density at radius 3 is 2.82 bits per heavy atom. The summed E-state index contributed by atoms with van der Waals surface area (Å²) in [5.74, 6) is 0.727. The summed E-state index contributed by atoms with van der Waals surface area (Å²) in [7, 11) is 0. The maximum absolute atomic E-state index is 5.82. The van der Waals surface area contributed by atoms with Gasteiger partial charge in [-0.3, -0.25) is 0 Å². The summed E-state index contributed by atoms with van der Waals surface area (Å²) in [5.41, 5.74) is 5.82. The largest absolute Gasteiger partial charge is 0.378 e. The van der Waals surface area contributed by atoms with Gasteiger partial charge in [-0.25, -0.2) is 0 Å². The minimum atomic E-state index is 0.382. The molecule has 0 spiro atoms. The molecule has 0 aliphatic carbocycles. The second-order valence-electron chi connectivity index (χ2n) is 3.91. The third-order valence-electron chi connectivity index (χ3n) is 2.14. The van der Waals surface area contributed by atoms with Crippen LogP contribution < -0.4 is 5.73 Å². The Bertz CT molecular complexity index is 112. The van der Waals surface area contributed by atoms with Crippen molar-refractivity contribution in [2.75, 3.05) is 6.61 Å². The molecule has 11 heavy (non-hydrogen) atoms. The molecular weight excluding hydrogens is 138 g/mol. The van der Waals surface area contributed by atoms with E-state index in [9.17, 15) is 0 Å². The summed E-state index contributed by atoms with van der Waals surface area (Å²) in [6.07, 6.45) is 3.68. The van der Waals surface area contributed by atoms with E-state index in [1.165, 1.54) is 0 Å². The molecule has 0 aromatic carbocycles. The first-order valence-corrected chi connectivity index (χ1v) is 4.55. The van der Waals surface area contributed by atoms with Gasteiger partial charge in [0.2, 0.25) is 0 Å². The highest BCUT2D eigenvalue weighted by Gasteiger charge is 2.19. The molecule has 66 valence electrons. The molecule has 1 aliphatic rings. The van der Waals surface area contributed by atoms with Gasteiger partial charge in [0.1, 0.15) is 0 Å². The van der Waals surface area contributed by atoms with Gasteiger partial charge < -0.3 is 10.5 Å². The summed E-state index contributed by atoms with van der Waals surface area (Å²) in [6, 6.07) is 0.382. The lowest BCUT2D eigenvalue weighted by molar-refractivity contribution is -0.00341. The molecule has 0 aromatic rings. The molecule has 0 unspecified atom stereocenters. The van der Waals surface area contributed by atoms with E-state index in [0.29, 0.717) is 12.1 Å². The topological polar surface area (TPSA) is 35.2 Å². The van der Waals surface area contributed by atoms with Crippen molar-refractivity contribution in [1.82, 2.24) is 0 Å². The molecule has 0 aromatic heterocycles. The number of hydrogen-bond donors (Lipinski definition) is 1. The van der Waals surface area contributed by atoms with E-state index in [2.05, 4.69) is 13.8 Å². The van der Waals surface area contributed by atoms with Crippen LogP contribution in [0.2, 0.25) is 0 Å². The van der Waals surface area contributed by atoms with Crippen molar-refractivity contribution in [3.8, 4) is 0 Å². The molecular formula is C9H19NO. The Morgan fingerprint density at radius 1 is 1.55 bits per heavy atom. The highest BCUT2D eigenvalue weighted by Crippen LogP contribution is 2.18. The predicted molar refractivity (Wildman–Crippen MR) is 46.4 cm³/mol. The molecule has 1 rings (SSSR count). The third-order valence-corrected chi connectivity index (χ3v) is 2.14. The lowest BCUT2D eigenvalue weighted by Gasteiger charge is -2.28.